The lowest BCUT2D eigenvalue weighted by Gasteiger charge is -2.04. The lowest BCUT2D eigenvalue weighted by atomic mass is 10.1. The highest BCUT2D eigenvalue weighted by atomic mass is 79.9. The molecule has 0 atom stereocenters. The van der Waals surface area contributed by atoms with Crippen molar-refractivity contribution < 1.29 is 14.6 Å². The molecular formula is C12H9Br2NO3. The van der Waals surface area contributed by atoms with Gasteiger partial charge in [-0.25, -0.2) is 4.79 Å². The quantitative estimate of drug-likeness (QED) is 0.500. The maximum absolute atomic E-state index is 11.4. The van der Waals surface area contributed by atoms with E-state index >= 15 is 0 Å². The van der Waals surface area contributed by atoms with Gasteiger partial charge in [-0.05, 0) is 41.1 Å². The topological polar surface area (TPSA) is 70.3 Å². The van der Waals surface area contributed by atoms with Crippen LogP contribution in [0.5, 0.6) is 5.75 Å². The summed E-state index contributed by atoms with van der Waals surface area (Å²) in [6.07, 6.45) is 1.28. The molecule has 0 spiro atoms. The van der Waals surface area contributed by atoms with Crippen molar-refractivity contribution in [3.8, 4) is 11.8 Å². The molecule has 0 aromatic heterocycles. The molecule has 0 amide bonds. The van der Waals surface area contributed by atoms with Crippen LogP contribution in [0.25, 0.3) is 6.08 Å². The minimum atomic E-state index is -0.713. The largest absolute Gasteiger partial charge is 0.506 e. The number of aromatic hydroxyl groups is 1. The molecule has 0 saturated carbocycles. The van der Waals surface area contributed by atoms with Gasteiger partial charge in [0.15, 0.2) is 0 Å². The van der Waals surface area contributed by atoms with Gasteiger partial charge in [-0.15, -0.1) is 0 Å². The maximum atomic E-state index is 11.4. The van der Waals surface area contributed by atoms with Crippen molar-refractivity contribution in [2.75, 3.05) is 6.61 Å². The molecular weight excluding hydrogens is 366 g/mol. The van der Waals surface area contributed by atoms with Crippen LogP contribution in [-0.4, -0.2) is 17.7 Å². The Labute approximate surface area is 121 Å². The Hall–Kier alpha value is -1.32. The summed E-state index contributed by atoms with van der Waals surface area (Å²) >= 11 is 6.43. The molecule has 94 valence electrons. The predicted octanol–water partition coefficient (Wildman–Crippen LogP) is 3.39. The van der Waals surface area contributed by atoms with Crippen molar-refractivity contribution in [3.05, 3.63) is 32.2 Å². The molecule has 0 heterocycles. The van der Waals surface area contributed by atoms with Crippen molar-refractivity contribution in [1.82, 2.24) is 0 Å². The minimum Gasteiger partial charge on any atom is -0.506 e. The fraction of sp³-hybridized carbons (Fsp3) is 0.167. The van der Waals surface area contributed by atoms with Crippen molar-refractivity contribution in [2.45, 2.75) is 6.92 Å². The smallest absolute Gasteiger partial charge is 0.348 e. The van der Waals surface area contributed by atoms with Crippen molar-refractivity contribution in [2.24, 2.45) is 0 Å². The number of ether oxygens (including phenoxy) is 1. The van der Waals surface area contributed by atoms with Crippen molar-refractivity contribution in [1.29, 1.82) is 5.26 Å². The summed E-state index contributed by atoms with van der Waals surface area (Å²) in [6, 6.07) is 5.00. The third-order valence-corrected chi connectivity index (χ3v) is 3.04. The van der Waals surface area contributed by atoms with Gasteiger partial charge in [0.1, 0.15) is 17.4 Å². The summed E-state index contributed by atoms with van der Waals surface area (Å²) in [6.45, 7) is 1.84. The van der Waals surface area contributed by atoms with Crippen molar-refractivity contribution in [3.63, 3.8) is 0 Å². The molecule has 1 aromatic rings. The number of rotatable bonds is 3. The molecule has 0 fully saturated rings. The molecule has 1 aromatic carbocycles. The fourth-order valence-electron chi connectivity index (χ4n) is 1.20. The maximum Gasteiger partial charge on any atom is 0.348 e. The average Bonchev–Trinajstić information content (AvgIpc) is 2.32. The van der Waals surface area contributed by atoms with Crippen LogP contribution in [0.3, 0.4) is 0 Å². The number of hydrogen-bond acceptors (Lipinski definition) is 4. The number of halogens is 2. The molecule has 0 bridgehead atoms. The third kappa shape index (κ3) is 3.59. The number of phenols is 1. The van der Waals surface area contributed by atoms with Crippen LogP contribution in [0, 0.1) is 11.3 Å². The second kappa shape index (κ2) is 6.57. The van der Waals surface area contributed by atoms with E-state index in [1.807, 2.05) is 0 Å². The second-order valence-electron chi connectivity index (χ2n) is 3.22. The standard InChI is InChI=1S/C12H9Br2NO3/c1-2-18-12(17)8(6-15)3-7-4-9(13)5-10(14)11(7)16/h3-5,16H,2H2,1H3/b8-3-. The highest BCUT2D eigenvalue weighted by Crippen LogP contribution is 2.33. The van der Waals surface area contributed by atoms with Crippen LogP contribution in [0.1, 0.15) is 12.5 Å². The molecule has 0 radical (unpaired) electrons. The molecule has 1 rings (SSSR count). The first-order valence-corrected chi connectivity index (χ1v) is 6.55. The average molecular weight is 375 g/mol. The predicted molar refractivity (Wildman–Crippen MR) is 73.7 cm³/mol. The summed E-state index contributed by atoms with van der Waals surface area (Å²) < 4.78 is 5.90. The van der Waals surface area contributed by atoms with Crippen LogP contribution in [0.15, 0.2) is 26.7 Å². The van der Waals surface area contributed by atoms with Gasteiger partial charge in [-0.3, -0.25) is 0 Å². The van der Waals surface area contributed by atoms with E-state index < -0.39 is 5.97 Å². The zero-order valence-corrected chi connectivity index (χ0v) is 12.6. The van der Waals surface area contributed by atoms with E-state index in [1.54, 1.807) is 25.1 Å². The summed E-state index contributed by atoms with van der Waals surface area (Å²) in [4.78, 5) is 11.4. The van der Waals surface area contributed by atoms with E-state index in [-0.39, 0.29) is 17.9 Å². The number of nitriles is 1. The third-order valence-electron chi connectivity index (χ3n) is 1.97. The number of phenolic OH excluding ortho intramolecular Hbond substituents is 1. The molecule has 0 saturated heterocycles. The molecule has 0 unspecified atom stereocenters. The first-order valence-electron chi connectivity index (χ1n) is 4.96. The summed E-state index contributed by atoms with van der Waals surface area (Å²) in [5, 5.41) is 18.7. The second-order valence-corrected chi connectivity index (χ2v) is 4.99. The molecule has 0 aliphatic rings. The molecule has 1 N–H and O–H groups in total. The number of carbonyl (C=O) groups excluding carboxylic acids is 1. The fourth-order valence-corrected chi connectivity index (χ4v) is 2.46. The minimum absolute atomic E-state index is 0.0461. The van der Waals surface area contributed by atoms with E-state index in [0.717, 1.165) is 0 Å². The van der Waals surface area contributed by atoms with E-state index in [4.69, 9.17) is 10.00 Å². The van der Waals surface area contributed by atoms with Gasteiger partial charge < -0.3 is 9.84 Å². The Morgan fingerprint density at radius 1 is 1.56 bits per heavy atom. The number of esters is 1. The number of carbonyl (C=O) groups is 1. The monoisotopic (exact) mass is 373 g/mol. The van der Waals surface area contributed by atoms with E-state index in [0.29, 0.717) is 14.5 Å². The Morgan fingerprint density at radius 2 is 2.22 bits per heavy atom. The lowest BCUT2D eigenvalue weighted by Crippen LogP contribution is -2.06. The van der Waals surface area contributed by atoms with Crippen LogP contribution in [0.4, 0.5) is 0 Å². The highest BCUT2D eigenvalue weighted by Gasteiger charge is 2.12. The Bertz CT molecular complexity index is 547. The van der Waals surface area contributed by atoms with E-state index in [1.165, 1.54) is 6.08 Å². The van der Waals surface area contributed by atoms with Gasteiger partial charge >= 0.3 is 5.97 Å². The lowest BCUT2D eigenvalue weighted by molar-refractivity contribution is -0.137. The van der Waals surface area contributed by atoms with Gasteiger partial charge in [-0.1, -0.05) is 15.9 Å². The summed E-state index contributed by atoms with van der Waals surface area (Å²) in [7, 11) is 0. The summed E-state index contributed by atoms with van der Waals surface area (Å²) in [5.41, 5.74) is 0.179. The molecule has 4 nitrogen and oxygen atoms in total. The Morgan fingerprint density at radius 3 is 2.78 bits per heavy atom. The molecule has 0 aliphatic carbocycles. The van der Waals surface area contributed by atoms with E-state index in [9.17, 15) is 9.90 Å². The van der Waals surface area contributed by atoms with Gasteiger partial charge in [0.25, 0.3) is 0 Å². The first kappa shape index (κ1) is 14.7. The van der Waals surface area contributed by atoms with Crippen LogP contribution in [0.2, 0.25) is 0 Å². The van der Waals surface area contributed by atoms with Crippen molar-refractivity contribution >= 4 is 43.9 Å². The number of hydrogen-bond donors (Lipinski definition) is 1. The van der Waals surface area contributed by atoms with Crippen LogP contribution in [-0.2, 0) is 9.53 Å². The van der Waals surface area contributed by atoms with Gasteiger partial charge in [0, 0.05) is 10.0 Å². The molecule has 18 heavy (non-hydrogen) atoms. The SMILES string of the molecule is CCOC(=O)/C(C#N)=C\c1cc(Br)cc(Br)c1O. The normalized spacial score (nSPS) is 10.9. The van der Waals surface area contributed by atoms with Gasteiger partial charge in [0.05, 0.1) is 11.1 Å². The van der Waals surface area contributed by atoms with Gasteiger partial charge in [-0.2, -0.15) is 5.26 Å². The highest BCUT2D eigenvalue weighted by molar-refractivity contribution is 9.11. The first-order chi connectivity index (χ1) is 8.49. The molecule has 6 heteroatoms. The number of benzene rings is 1. The van der Waals surface area contributed by atoms with Crippen LogP contribution < -0.4 is 0 Å². The zero-order valence-electron chi connectivity index (χ0n) is 9.41. The summed E-state index contributed by atoms with van der Waals surface area (Å²) in [5.74, 6) is -0.759. The Balaban J connectivity index is 3.22. The van der Waals surface area contributed by atoms with Crippen LogP contribution >= 0.6 is 31.9 Å². The van der Waals surface area contributed by atoms with E-state index in [2.05, 4.69) is 31.9 Å². The molecule has 0 aliphatic heterocycles. The number of nitrogens with zero attached hydrogens (tertiary/aromatic N) is 1. The Kier molecular flexibility index (Phi) is 5.38. The zero-order chi connectivity index (χ0) is 13.7. The van der Waals surface area contributed by atoms with Gasteiger partial charge in [0.2, 0.25) is 0 Å².